The molecule has 0 aromatic heterocycles. The predicted molar refractivity (Wildman–Crippen MR) is 73.3 cm³/mol. The first-order valence-electron chi connectivity index (χ1n) is 7.71. The van der Waals surface area contributed by atoms with Gasteiger partial charge in [0.15, 0.2) is 0 Å². The van der Waals surface area contributed by atoms with E-state index in [0.717, 1.165) is 49.7 Å². The van der Waals surface area contributed by atoms with Crippen LogP contribution in [0.15, 0.2) is 11.1 Å². The number of hydrogen-bond acceptors (Lipinski definition) is 2. The highest BCUT2D eigenvalue weighted by Gasteiger charge is 2.45. The Morgan fingerprint density at radius 2 is 1.47 bits per heavy atom. The summed E-state index contributed by atoms with van der Waals surface area (Å²) < 4.78 is 0. The van der Waals surface area contributed by atoms with Gasteiger partial charge in [-0.15, -0.1) is 0 Å². The van der Waals surface area contributed by atoms with Crippen molar-refractivity contribution in [3.63, 3.8) is 0 Å². The molecule has 3 heteroatoms. The molecule has 1 heterocycles. The first-order valence-corrected chi connectivity index (χ1v) is 7.71. The Morgan fingerprint density at radius 1 is 0.895 bits per heavy atom. The smallest absolute Gasteiger partial charge is 0.257 e. The Morgan fingerprint density at radius 3 is 2.05 bits per heavy atom. The molecule has 104 valence electrons. The van der Waals surface area contributed by atoms with Gasteiger partial charge in [0.25, 0.3) is 11.8 Å². The third-order valence-electron chi connectivity index (χ3n) is 5.42. The van der Waals surface area contributed by atoms with Crippen LogP contribution >= 0.6 is 0 Å². The fourth-order valence-corrected chi connectivity index (χ4v) is 3.98. The van der Waals surface area contributed by atoms with Crippen LogP contribution in [-0.2, 0) is 9.59 Å². The minimum atomic E-state index is 0.0330. The Balaban J connectivity index is 1.87. The lowest BCUT2D eigenvalue weighted by Crippen LogP contribution is -2.47. The van der Waals surface area contributed by atoms with Crippen molar-refractivity contribution >= 4 is 11.8 Å². The molecule has 0 aromatic carbocycles. The Hall–Kier alpha value is -1.12. The average molecular weight is 261 g/mol. The second kappa shape index (κ2) is 4.77. The molecule has 3 rings (SSSR count). The molecule has 0 saturated heterocycles. The number of imide groups is 1. The van der Waals surface area contributed by atoms with Gasteiger partial charge in [0.2, 0.25) is 0 Å². The van der Waals surface area contributed by atoms with Crippen LogP contribution in [0.4, 0.5) is 0 Å². The minimum Gasteiger partial charge on any atom is -0.272 e. The van der Waals surface area contributed by atoms with E-state index in [0.29, 0.717) is 11.8 Å². The van der Waals surface area contributed by atoms with Crippen molar-refractivity contribution in [2.24, 2.45) is 11.8 Å². The van der Waals surface area contributed by atoms with E-state index in [-0.39, 0.29) is 17.9 Å². The molecule has 0 aromatic rings. The first-order chi connectivity index (χ1) is 9.11. The highest BCUT2D eigenvalue weighted by molar-refractivity contribution is 6.19. The lowest BCUT2D eigenvalue weighted by Gasteiger charge is -2.39. The van der Waals surface area contributed by atoms with E-state index in [1.807, 2.05) is 0 Å². The van der Waals surface area contributed by atoms with E-state index in [1.54, 1.807) is 4.90 Å². The molecule has 19 heavy (non-hydrogen) atoms. The fourth-order valence-electron chi connectivity index (χ4n) is 3.98. The topological polar surface area (TPSA) is 37.4 Å². The van der Waals surface area contributed by atoms with Crippen molar-refractivity contribution in [1.82, 2.24) is 4.90 Å². The van der Waals surface area contributed by atoms with E-state index >= 15 is 0 Å². The Bertz CT molecular complexity index is 424. The second-order valence-electron chi connectivity index (χ2n) is 6.48. The van der Waals surface area contributed by atoms with Gasteiger partial charge >= 0.3 is 0 Å². The number of carbonyl (C=O) groups excluding carboxylic acids is 2. The summed E-state index contributed by atoms with van der Waals surface area (Å²) in [5, 5.41) is 0. The quantitative estimate of drug-likeness (QED) is 0.680. The molecule has 0 N–H and O–H groups in total. The average Bonchev–Trinajstić information content (AvgIpc) is 2.67. The van der Waals surface area contributed by atoms with Crippen LogP contribution < -0.4 is 0 Å². The summed E-state index contributed by atoms with van der Waals surface area (Å²) >= 11 is 0. The summed E-state index contributed by atoms with van der Waals surface area (Å²) in [6.07, 6.45) is 7.09. The first kappa shape index (κ1) is 12.9. The van der Waals surface area contributed by atoms with Gasteiger partial charge in [-0.25, -0.2) is 0 Å². The summed E-state index contributed by atoms with van der Waals surface area (Å²) in [4.78, 5) is 26.7. The van der Waals surface area contributed by atoms with Gasteiger partial charge in [-0.1, -0.05) is 26.7 Å². The SMILES string of the molecule is C[C@@H]1[C@H](C)CCC[C@@H]1N1C(=O)C2=C(CCCC2)C1=O. The summed E-state index contributed by atoms with van der Waals surface area (Å²) in [7, 11) is 0. The Labute approximate surface area is 115 Å². The van der Waals surface area contributed by atoms with E-state index in [1.165, 1.54) is 6.42 Å². The molecule has 0 spiro atoms. The highest BCUT2D eigenvalue weighted by atomic mass is 16.2. The maximum Gasteiger partial charge on any atom is 0.257 e. The summed E-state index contributed by atoms with van der Waals surface area (Å²) in [6.45, 7) is 4.45. The molecule has 2 aliphatic carbocycles. The standard InChI is InChI=1S/C16H23NO2/c1-10-6-5-9-14(11(10)2)17-15(18)12-7-3-4-8-13(12)16(17)19/h10-11,14H,3-9H2,1-2H3/t10-,11-,14+/m1/s1. The molecule has 1 fully saturated rings. The van der Waals surface area contributed by atoms with Gasteiger partial charge < -0.3 is 0 Å². The van der Waals surface area contributed by atoms with E-state index in [4.69, 9.17) is 0 Å². The fraction of sp³-hybridized carbons (Fsp3) is 0.750. The maximum absolute atomic E-state index is 12.5. The highest BCUT2D eigenvalue weighted by Crippen LogP contribution is 2.39. The van der Waals surface area contributed by atoms with Crippen molar-refractivity contribution in [1.29, 1.82) is 0 Å². The molecule has 3 nitrogen and oxygen atoms in total. The van der Waals surface area contributed by atoms with Gasteiger partial charge in [-0.3, -0.25) is 14.5 Å². The van der Waals surface area contributed by atoms with Gasteiger partial charge in [0, 0.05) is 17.2 Å². The zero-order valence-electron chi connectivity index (χ0n) is 11.9. The Kier molecular flexibility index (Phi) is 3.23. The normalized spacial score (nSPS) is 35.9. The monoisotopic (exact) mass is 261 g/mol. The largest absolute Gasteiger partial charge is 0.272 e. The van der Waals surface area contributed by atoms with Crippen molar-refractivity contribution in [2.75, 3.05) is 0 Å². The van der Waals surface area contributed by atoms with Crippen LogP contribution in [0.1, 0.15) is 58.8 Å². The molecule has 0 unspecified atom stereocenters. The molecular weight excluding hydrogens is 238 g/mol. The van der Waals surface area contributed by atoms with E-state index in [2.05, 4.69) is 13.8 Å². The van der Waals surface area contributed by atoms with Crippen LogP contribution in [-0.4, -0.2) is 22.8 Å². The number of carbonyl (C=O) groups is 2. The molecule has 3 atom stereocenters. The van der Waals surface area contributed by atoms with Crippen molar-refractivity contribution in [3.8, 4) is 0 Å². The molecule has 3 aliphatic rings. The lowest BCUT2D eigenvalue weighted by atomic mass is 9.77. The van der Waals surface area contributed by atoms with Gasteiger partial charge in [-0.2, -0.15) is 0 Å². The predicted octanol–water partition coefficient (Wildman–Crippen LogP) is 3.05. The molecule has 2 amide bonds. The molecular formula is C16H23NO2. The lowest BCUT2D eigenvalue weighted by molar-refractivity contribution is -0.143. The van der Waals surface area contributed by atoms with Crippen LogP contribution in [0.5, 0.6) is 0 Å². The maximum atomic E-state index is 12.5. The molecule has 1 aliphatic heterocycles. The van der Waals surface area contributed by atoms with E-state index in [9.17, 15) is 9.59 Å². The third kappa shape index (κ3) is 1.94. The summed E-state index contributed by atoms with van der Waals surface area (Å²) in [5.41, 5.74) is 1.67. The van der Waals surface area contributed by atoms with Crippen molar-refractivity contribution in [3.05, 3.63) is 11.1 Å². The van der Waals surface area contributed by atoms with E-state index < -0.39 is 0 Å². The van der Waals surface area contributed by atoms with Gasteiger partial charge in [0.05, 0.1) is 0 Å². The van der Waals surface area contributed by atoms with Gasteiger partial charge in [0.1, 0.15) is 0 Å². The van der Waals surface area contributed by atoms with Crippen molar-refractivity contribution < 1.29 is 9.59 Å². The van der Waals surface area contributed by atoms with Gasteiger partial charge in [-0.05, 0) is 43.9 Å². The van der Waals surface area contributed by atoms with Crippen molar-refractivity contribution in [2.45, 2.75) is 64.8 Å². The molecule has 0 radical (unpaired) electrons. The summed E-state index contributed by atoms with van der Waals surface area (Å²) in [6, 6.07) is 0.134. The zero-order valence-corrected chi connectivity index (χ0v) is 11.9. The minimum absolute atomic E-state index is 0.0330. The number of nitrogens with zero attached hydrogens (tertiary/aromatic N) is 1. The second-order valence-corrected chi connectivity index (χ2v) is 6.48. The number of amides is 2. The van der Waals surface area contributed by atoms with Crippen LogP contribution in [0.3, 0.4) is 0 Å². The number of hydrogen-bond donors (Lipinski definition) is 0. The summed E-state index contributed by atoms with van der Waals surface area (Å²) in [5.74, 6) is 1.11. The van der Waals surface area contributed by atoms with Crippen LogP contribution in [0.25, 0.3) is 0 Å². The molecule has 1 saturated carbocycles. The van der Waals surface area contributed by atoms with Crippen LogP contribution in [0, 0.1) is 11.8 Å². The van der Waals surface area contributed by atoms with Crippen LogP contribution in [0.2, 0.25) is 0 Å². The zero-order chi connectivity index (χ0) is 13.6. The number of rotatable bonds is 1. The molecule has 0 bridgehead atoms. The third-order valence-corrected chi connectivity index (χ3v) is 5.42.